The third-order valence-corrected chi connectivity index (χ3v) is 5.35. The van der Waals surface area contributed by atoms with Crippen LogP contribution in [0.25, 0.3) is 11.0 Å². The van der Waals surface area contributed by atoms with Crippen molar-refractivity contribution in [3.63, 3.8) is 0 Å². The van der Waals surface area contributed by atoms with Crippen molar-refractivity contribution in [1.82, 2.24) is 19.5 Å². The highest BCUT2D eigenvalue weighted by atomic mass is 16.5. The number of piperidine rings is 1. The van der Waals surface area contributed by atoms with Gasteiger partial charge in [-0.2, -0.15) is 0 Å². The van der Waals surface area contributed by atoms with Crippen LogP contribution in [0.1, 0.15) is 24.2 Å². The Morgan fingerprint density at radius 3 is 2.79 bits per heavy atom. The van der Waals surface area contributed by atoms with Gasteiger partial charge in [0.25, 0.3) is 0 Å². The van der Waals surface area contributed by atoms with Gasteiger partial charge in [-0.25, -0.2) is 9.97 Å². The normalized spacial score (nSPS) is 15.0. The van der Waals surface area contributed by atoms with Crippen molar-refractivity contribution < 1.29 is 9.53 Å². The number of primary amides is 1. The third-order valence-electron chi connectivity index (χ3n) is 5.35. The number of fused-ring (bicyclic) bond motifs is 1. The highest BCUT2D eigenvalue weighted by Gasteiger charge is 2.22. The van der Waals surface area contributed by atoms with Gasteiger partial charge in [-0.3, -0.25) is 9.78 Å². The number of amides is 1. The SMILES string of the molecule is Cc1cnc(C)c(N2CCC(COc3cnc4c(ccn4CC(N)=O)c3)CC2)n1. The van der Waals surface area contributed by atoms with Crippen molar-refractivity contribution in [1.29, 1.82) is 0 Å². The molecule has 1 amide bonds. The number of rotatable bonds is 6. The van der Waals surface area contributed by atoms with Gasteiger partial charge in [-0.1, -0.05) is 0 Å². The Labute approximate surface area is 169 Å². The maximum atomic E-state index is 11.1. The zero-order chi connectivity index (χ0) is 20.4. The van der Waals surface area contributed by atoms with Crippen LogP contribution >= 0.6 is 0 Å². The molecule has 0 bridgehead atoms. The minimum absolute atomic E-state index is 0.125. The average Bonchev–Trinajstić information content (AvgIpc) is 3.10. The lowest BCUT2D eigenvalue weighted by atomic mass is 9.97. The predicted molar refractivity (Wildman–Crippen MR) is 111 cm³/mol. The third kappa shape index (κ3) is 4.31. The second-order valence-corrected chi connectivity index (χ2v) is 7.66. The lowest BCUT2D eigenvalue weighted by Gasteiger charge is -2.33. The van der Waals surface area contributed by atoms with E-state index in [1.54, 1.807) is 10.8 Å². The van der Waals surface area contributed by atoms with E-state index < -0.39 is 0 Å². The maximum absolute atomic E-state index is 11.1. The first-order chi connectivity index (χ1) is 14.0. The molecule has 0 atom stereocenters. The summed E-state index contributed by atoms with van der Waals surface area (Å²) in [6.45, 7) is 6.70. The molecule has 8 heteroatoms. The number of ether oxygens (including phenoxy) is 1. The quantitative estimate of drug-likeness (QED) is 0.688. The van der Waals surface area contributed by atoms with Crippen LogP contribution in [0.15, 0.2) is 30.7 Å². The standard InChI is InChI=1S/C21H26N6O2/c1-14-10-23-15(2)20(25-14)26-6-3-16(4-7-26)13-29-18-9-17-5-8-27(12-19(22)28)21(17)24-11-18/h5,8-11,16H,3-4,6-7,12-13H2,1-2H3,(H2,22,28). The zero-order valence-corrected chi connectivity index (χ0v) is 16.8. The van der Waals surface area contributed by atoms with Gasteiger partial charge < -0.3 is 19.9 Å². The molecule has 152 valence electrons. The fourth-order valence-corrected chi connectivity index (χ4v) is 3.78. The molecule has 1 saturated heterocycles. The predicted octanol–water partition coefficient (Wildman–Crippen LogP) is 2.22. The van der Waals surface area contributed by atoms with Crippen LogP contribution in [0.3, 0.4) is 0 Å². The van der Waals surface area contributed by atoms with E-state index in [2.05, 4.69) is 19.9 Å². The summed E-state index contributed by atoms with van der Waals surface area (Å²) in [5, 5.41) is 0.937. The van der Waals surface area contributed by atoms with Crippen molar-refractivity contribution in [3.05, 3.63) is 42.1 Å². The number of carbonyl (C=O) groups excluding carboxylic acids is 1. The fraction of sp³-hybridized carbons (Fsp3) is 0.429. The van der Waals surface area contributed by atoms with Crippen LogP contribution in [0.4, 0.5) is 5.82 Å². The molecular formula is C21H26N6O2. The van der Waals surface area contributed by atoms with Gasteiger partial charge in [0.15, 0.2) is 0 Å². The van der Waals surface area contributed by atoms with Crippen molar-refractivity contribution in [2.45, 2.75) is 33.2 Å². The Bertz CT molecular complexity index is 1020. The number of carbonyl (C=O) groups is 1. The number of hydrogen-bond donors (Lipinski definition) is 1. The second-order valence-electron chi connectivity index (χ2n) is 7.66. The van der Waals surface area contributed by atoms with E-state index >= 15 is 0 Å². The number of hydrogen-bond acceptors (Lipinski definition) is 6. The van der Waals surface area contributed by atoms with E-state index in [1.807, 2.05) is 38.4 Å². The molecule has 0 radical (unpaired) electrons. The Morgan fingerprint density at radius 1 is 1.24 bits per heavy atom. The fourth-order valence-electron chi connectivity index (χ4n) is 3.78. The van der Waals surface area contributed by atoms with Crippen molar-refractivity contribution >= 4 is 22.8 Å². The lowest BCUT2D eigenvalue weighted by molar-refractivity contribution is -0.118. The van der Waals surface area contributed by atoms with Crippen molar-refractivity contribution in [2.24, 2.45) is 11.7 Å². The first kappa shape index (κ1) is 19.2. The summed E-state index contributed by atoms with van der Waals surface area (Å²) in [4.78, 5) is 27.0. The van der Waals surface area contributed by atoms with E-state index in [0.717, 1.165) is 59.9 Å². The number of aromatic nitrogens is 4. The summed E-state index contributed by atoms with van der Waals surface area (Å²) in [7, 11) is 0. The molecule has 0 spiro atoms. The molecule has 3 aromatic heterocycles. The van der Waals surface area contributed by atoms with Gasteiger partial charge in [0.05, 0.1) is 24.2 Å². The number of nitrogens with zero attached hydrogens (tertiary/aromatic N) is 5. The minimum atomic E-state index is -0.386. The maximum Gasteiger partial charge on any atom is 0.237 e. The summed E-state index contributed by atoms with van der Waals surface area (Å²) in [5.74, 6) is 1.86. The van der Waals surface area contributed by atoms with E-state index in [1.165, 1.54) is 0 Å². The number of aryl methyl sites for hydroxylation is 2. The smallest absolute Gasteiger partial charge is 0.237 e. The largest absolute Gasteiger partial charge is 0.492 e. The number of anilines is 1. The second kappa shape index (κ2) is 8.06. The Kier molecular flexibility index (Phi) is 5.33. The van der Waals surface area contributed by atoms with E-state index in [9.17, 15) is 4.79 Å². The van der Waals surface area contributed by atoms with Gasteiger partial charge in [-0.05, 0) is 44.7 Å². The van der Waals surface area contributed by atoms with Crippen LogP contribution in [0.5, 0.6) is 5.75 Å². The Hall–Kier alpha value is -3.16. The first-order valence-corrected chi connectivity index (χ1v) is 9.91. The molecule has 0 aromatic carbocycles. The van der Waals surface area contributed by atoms with Crippen LogP contribution in [-0.2, 0) is 11.3 Å². The van der Waals surface area contributed by atoms with Gasteiger partial charge >= 0.3 is 0 Å². The summed E-state index contributed by atoms with van der Waals surface area (Å²) >= 11 is 0. The summed E-state index contributed by atoms with van der Waals surface area (Å²) in [6.07, 6.45) is 7.45. The van der Waals surface area contributed by atoms with Crippen LogP contribution in [0, 0.1) is 19.8 Å². The molecule has 3 aromatic rings. The van der Waals surface area contributed by atoms with Crippen LogP contribution < -0.4 is 15.4 Å². The van der Waals surface area contributed by atoms with Crippen molar-refractivity contribution in [2.75, 3.05) is 24.6 Å². The molecule has 4 heterocycles. The molecule has 0 saturated carbocycles. The molecular weight excluding hydrogens is 368 g/mol. The number of nitrogens with two attached hydrogens (primary N) is 1. The Morgan fingerprint density at radius 2 is 2.03 bits per heavy atom. The first-order valence-electron chi connectivity index (χ1n) is 9.91. The highest BCUT2D eigenvalue weighted by molar-refractivity contribution is 5.80. The van der Waals surface area contributed by atoms with Crippen molar-refractivity contribution in [3.8, 4) is 5.75 Å². The molecule has 0 unspecified atom stereocenters. The van der Waals surface area contributed by atoms with Crippen LogP contribution in [-0.4, -0.2) is 45.1 Å². The lowest BCUT2D eigenvalue weighted by Crippen LogP contribution is -2.36. The van der Waals surface area contributed by atoms with Gasteiger partial charge in [0.1, 0.15) is 23.8 Å². The topological polar surface area (TPSA) is 99.2 Å². The number of pyridine rings is 1. The van der Waals surface area contributed by atoms with Gasteiger partial charge in [0, 0.05) is 30.9 Å². The monoisotopic (exact) mass is 394 g/mol. The molecule has 1 aliphatic rings. The van der Waals surface area contributed by atoms with E-state index in [4.69, 9.17) is 10.5 Å². The van der Waals surface area contributed by atoms with Gasteiger partial charge in [-0.15, -0.1) is 0 Å². The molecule has 29 heavy (non-hydrogen) atoms. The molecule has 4 rings (SSSR count). The Balaban J connectivity index is 1.33. The summed E-state index contributed by atoms with van der Waals surface area (Å²) in [6, 6.07) is 3.88. The van der Waals surface area contributed by atoms with Crippen LogP contribution in [0.2, 0.25) is 0 Å². The summed E-state index contributed by atoms with van der Waals surface area (Å²) < 4.78 is 7.76. The highest BCUT2D eigenvalue weighted by Crippen LogP contribution is 2.25. The van der Waals surface area contributed by atoms with E-state index in [0.29, 0.717) is 12.5 Å². The van der Waals surface area contributed by atoms with E-state index in [-0.39, 0.29) is 12.5 Å². The summed E-state index contributed by atoms with van der Waals surface area (Å²) in [5.41, 5.74) is 7.94. The minimum Gasteiger partial charge on any atom is -0.492 e. The molecule has 8 nitrogen and oxygen atoms in total. The zero-order valence-electron chi connectivity index (χ0n) is 16.8. The molecule has 1 aliphatic heterocycles. The van der Waals surface area contributed by atoms with Gasteiger partial charge in [0.2, 0.25) is 5.91 Å². The molecule has 0 aliphatic carbocycles. The molecule has 1 fully saturated rings. The molecule has 2 N–H and O–H groups in total. The average molecular weight is 394 g/mol.